The summed E-state index contributed by atoms with van der Waals surface area (Å²) in [5.74, 6) is 2.87. The highest BCUT2D eigenvalue weighted by Crippen LogP contribution is 2.54. The molecule has 60 heavy (non-hydrogen) atoms. The molecule has 0 aliphatic rings. The lowest BCUT2D eigenvalue weighted by atomic mass is 9.62. The first-order chi connectivity index (χ1) is 27.5. The Balaban J connectivity index is 0. The molecule has 0 fully saturated rings. The third-order valence-corrected chi connectivity index (χ3v) is 18.0. The van der Waals surface area contributed by atoms with Crippen molar-refractivity contribution in [3.63, 3.8) is 0 Å². The topological polar surface area (TPSA) is 18.5 Å². The van der Waals surface area contributed by atoms with E-state index in [0.717, 1.165) is 11.8 Å². The molecular weight excluding hydrogens is 729 g/mol. The molecule has 0 aromatic heterocycles. The molecule has 0 aromatic rings. The molecule has 364 valence electrons. The Kier molecular flexibility index (Phi) is 29.0. The number of ether oxygens (including phenoxy) is 2. The molecule has 0 aromatic carbocycles. The predicted molar refractivity (Wildman–Crippen MR) is 275 cm³/mol. The van der Waals surface area contributed by atoms with Gasteiger partial charge in [-0.05, 0) is 139 Å². The fraction of sp³-hybridized carbons (Fsp3) is 1.00. The SMILES string of the molecule is CCCCC(CCC)C(C)(C)C(C)(C)OC(C)(C)C(C)(C)C(CCC)CCCC.CCCCC(CCCC)C(C)(C)C(C)(C)OC(C)(C)C(C)(C)C(CCCC)CCCC. The largest absolute Gasteiger partial charge is 0.369 e. The smallest absolute Gasteiger partial charge is 0.0687 e. The van der Waals surface area contributed by atoms with Crippen molar-refractivity contribution in [1.82, 2.24) is 0 Å². The van der Waals surface area contributed by atoms with Crippen molar-refractivity contribution >= 4 is 0 Å². The molecule has 2 heteroatoms. The van der Waals surface area contributed by atoms with E-state index >= 15 is 0 Å². The molecule has 2 unspecified atom stereocenters. The average molecular weight is 850 g/mol. The molecule has 2 atom stereocenters. The van der Waals surface area contributed by atoms with Crippen LogP contribution in [0.5, 0.6) is 0 Å². The van der Waals surface area contributed by atoms with Crippen LogP contribution in [0.1, 0.15) is 307 Å². The predicted octanol–water partition coefficient (Wildman–Crippen LogP) is 20.4. The molecule has 0 amide bonds. The minimum Gasteiger partial charge on any atom is -0.369 e. The molecule has 0 saturated heterocycles. The van der Waals surface area contributed by atoms with Crippen molar-refractivity contribution in [3.8, 4) is 0 Å². The third-order valence-electron chi connectivity index (χ3n) is 18.0. The van der Waals surface area contributed by atoms with Gasteiger partial charge in [0.15, 0.2) is 0 Å². The number of hydrogen-bond donors (Lipinski definition) is 0. The molecular formula is C58H120O2. The van der Waals surface area contributed by atoms with Crippen LogP contribution in [-0.4, -0.2) is 22.4 Å². The van der Waals surface area contributed by atoms with Crippen molar-refractivity contribution in [3.05, 3.63) is 0 Å². The maximum absolute atomic E-state index is 7.24. The van der Waals surface area contributed by atoms with Crippen LogP contribution in [0.4, 0.5) is 0 Å². The molecule has 0 heterocycles. The van der Waals surface area contributed by atoms with E-state index in [4.69, 9.17) is 9.47 Å². The lowest BCUT2D eigenvalue weighted by molar-refractivity contribution is -0.235. The molecule has 0 saturated carbocycles. The van der Waals surface area contributed by atoms with E-state index in [-0.39, 0.29) is 44.1 Å². The molecule has 0 N–H and O–H groups in total. The van der Waals surface area contributed by atoms with Crippen LogP contribution in [0.2, 0.25) is 0 Å². The molecule has 0 rings (SSSR count). The number of hydrogen-bond acceptors (Lipinski definition) is 2. The van der Waals surface area contributed by atoms with Gasteiger partial charge in [0.25, 0.3) is 0 Å². The van der Waals surface area contributed by atoms with Gasteiger partial charge in [-0.1, -0.05) is 214 Å². The Hall–Kier alpha value is -0.0800. The average Bonchev–Trinajstić information content (AvgIpc) is 3.13. The van der Waals surface area contributed by atoms with Gasteiger partial charge < -0.3 is 9.47 Å². The summed E-state index contributed by atoms with van der Waals surface area (Å²) >= 11 is 0. The van der Waals surface area contributed by atoms with Crippen LogP contribution in [0.3, 0.4) is 0 Å². The lowest BCUT2D eigenvalue weighted by Crippen LogP contribution is -2.56. The highest BCUT2D eigenvalue weighted by atomic mass is 16.5. The van der Waals surface area contributed by atoms with E-state index in [1.165, 1.54) is 141 Å². The van der Waals surface area contributed by atoms with Crippen LogP contribution in [0, 0.1) is 45.3 Å². The van der Waals surface area contributed by atoms with Crippen molar-refractivity contribution in [2.75, 3.05) is 0 Å². The lowest BCUT2D eigenvalue weighted by Gasteiger charge is -2.55. The van der Waals surface area contributed by atoms with Gasteiger partial charge in [0, 0.05) is 0 Å². The molecule has 0 aliphatic heterocycles. The van der Waals surface area contributed by atoms with E-state index in [9.17, 15) is 0 Å². The number of unbranched alkanes of at least 4 members (excludes halogenated alkanes) is 6. The van der Waals surface area contributed by atoms with Gasteiger partial charge in [0.1, 0.15) is 0 Å². The Morgan fingerprint density at radius 3 is 0.517 bits per heavy atom. The van der Waals surface area contributed by atoms with Gasteiger partial charge in [-0.2, -0.15) is 0 Å². The normalized spacial score (nSPS) is 15.1. The summed E-state index contributed by atoms with van der Waals surface area (Å²) in [5, 5.41) is 0. The van der Waals surface area contributed by atoms with Crippen LogP contribution in [-0.2, 0) is 9.47 Å². The second-order valence-corrected chi connectivity index (χ2v) is 24.4. The zero-order valence-electron chi connectivity index (χ0n) is 46.7. The van der Waals surface area contributed by atoms with E-state index in [0.29, 0.717) is 11.8 Å². The van der Waals surface area contributed by atoms with E-state index in [1.807, 2.05) is 0 Å². The van der Waals surface area contributed by atoms with Crippen molar-refractivity contribution in [2.24, 2.45) is 45.3 Å². The van der Waals surface area contributed by atoms with E-state index in [1.54, 1.807) is 0 Å². The quantitative estimate of drug-likeness (QED) is 0.0642. The van der Waals surface area contributed by atoms with E-state index < -0.39 is 0 Å². The molecule has 0 bridgehead atoms. The van der Waals surface area contributed by atoms with Crippen LogP contribution < -0.4 is 0 Å². The summed E-state index contributed by atoms with van der Waals surface area (Å²) in [5.41, 5.74) is -0.0733. The summed E-state index contributed by atoms with van der Waals surface area (Å²) in [4.78, 5) is 0. The zero-order valence-corrected chi connectivity index (χ0v) is 46.7. The Morgan fingerprint density at radius 1 is 0.233 bits per heavy atom. The second kappa shape index (κ2) is 28.1. The van der Waals surface area contributed by atoms with Gasteiger partial charge >= 0.3 is 0 Å². The summed E-state index contributed by atoms with van der Waals surface area (Å²) in [6.07, 6.45) is 28.8. The first-order valence-electron chi connectivity index (χ1n) is 26.9. The van der Waals surface area contributed by atoms with Crippen LogP contribution in [0.25, 0.3) is 0 Å². The number of rotatable bonds is 34. The maximum Gasteiger partial charge on any atom is 0.0687 e. The highest BCUT2D eigenvalue weighted by molar-refractivity contribution is 5.01. The first-order valence-corrected chi connectivity index (χ1v) is 26.9. The minimum atomic E-state index is -0.167. The van der Waals surface area contributed by atoms with Gasteiger partial charge in [0.05, 0.1) is 22.4 Å². The van der Waals surface area contributed by atoms with E-state index in [2.05, 4.69) is 166 Å². The van der Waals surface area contributed by atoms with Crippen LogP contribution in [0.15, 0.2) is 0 Å². The summed E-state index contributed by atoms with van der Waals surface area (Å²) in [6, 6.07) is 0. The van der Waals surface area contributed by atoms with Crippen molar-refractivity contribution in [1.29, 1.82) is 0 Å². The maximum atomic E-state index is 7.24. The Labute approximate surface area is 383 Å². The molecule has 2 nitrogen and oxygen atoms in total. The molecule has 0 spiro atoms. The zero-order chi connectivity index (χ0) is 47.3. The second-order valence-electron chi connectivity index (χ2n) is 24.4. The van der Waals surface area contributed by atoms with Crippen molar-refractivity contribution in [2.45, 2.75) is 330 Å². The minimum absolute atomic E-state index is 0.146. The Morgan fingerprint density at radius 2 is 0.383 bits per heavy atom. The van der Waals surface area contributed by atoms with Gasteiger partial charge in [-0.3, -0.25) is 0 Å². The Bertz CT molecular complexity index is 957. The van der Waals surface area contributed by atoms with Crippen molar-refractivity contribution < 1.29 is 9.47 Å². The standard InChI is InChI=1S/C30H62O.C28H58O/c1-13-17-21-25(22-18-14-2)27(5,6)29(9,10)31-30(11,12)28(7,8)26(23-19-15-3)24-20-16-4;1-13-17-21-23(19-15-3)25(5,6)27(9,10)29-28(11,12)26(7,8)24(20-16-4)22-18-14-2/h25-26H,13-24H2,1-12H3;23-24H,13-22H2,1-12H3. The fourth-order valence-electron chi connectivity index (χ4n) is 10.6. The van der Waals surface area contributed by atoms with Gasteiger partial charge in [-0.25, -0.2) is 0 Å². The summed E-state index contributed by atoms with van der Waals surface area (Å²) in [6.45, 7) is 57.3. The highest BCUT2D eigenvalue weighted by Gasteiger charge is 2.53. The van der Waals surface area contributed by atoms with Gasteiger partial charge in [-0.15, -0.1) is 0 Å². The van der Waals surface area contributed by atoms with Crippen LogP contribution >= 0.6 is 0 Å². The molecule has 0 aliphatic carbocycles. The summed E-state index contributed by atoms with van der Waals surface area (Å²) < 4.78 is 14.4. The third kappa shape index (κ3) is 18.1. The van der Waals surface area contributed by atoms with Gasteiger partial charge in [0.2, 0.25) is 0 Å². The summed E-state index contributed by atoms with van der Waals surface area (Å²) in [7, 11) is 0. The monoisotopic (exact) mass is 849 g/mol. The molecule has 0 radical (unpaired) electrons. The fourth-order valence-corrected chi connectivity index (χ4v) is 10.6. The first kappa shape index (κ1) is 62.0.